The number of thiazole rings is 1. The van der Waals surface area contributed by atoms with E-state index in [1.54, 1.807) is 18.2 Å². The van der Waals surface area contributed by atoms with E-state index in [0.29, 0.717) is 5.56 Å². The summed E-state index contributed by atoms with van der Waals surface area (Å²) in [7, 11) is 0. The predicted octanol–water partition coefficient (Wildman–Crippen LogP) is 2.61. The van der Waals surface area contributed by atoms with Gasteiger partial charge in [0.25, 0.3) is 0 Å². The zero-order valence-corrected chi connectivity index (χ0v) is 11.2. The molecule has 0 aliphatic heterocycles. The van der Waals surface area contributed by atoms with Crippen molar-refractivity contribution in [2.75, 3.05) is 0 Å². The molecule has 0 fully saturated rings. The molecule has 1 aromatic heterocycles. The van der Waals surface area contributed by atoms with Crippen molar-refractivity contribution in [2.24, 2.45) is 0 Å². The molecule has 0 N–H and O–H groups in total. The first kappa shape index (κ1) is 13.2. The lowest BCUT2D eigenvalue weighted by atomic mass is 10.1. The Balaban J connectivity index is 1.88. The van der Waals surface area contributed by atoms with E-state index < -0.39 is 0 Å². The fourth-order valence-corrected chi connectivity index (χ4v) is 2.20. The summed E-state index contributed by atoms with van der Waals surface area (Å²) in [5.74, 6) is -0.312. The zero-order valence-electron chi connectivity index (χ0n) is 10.4. The molecule has 96 valence electrons. The SMILES string of the molecule is Cc1nc(CC(=O)OCc2cccc(C#N)c2)cs1. The maximum absolute atomic E-state index is 11.6. The summed E-state index contributed by atoms with van der Waals surface area (Å²) < 4.78 is 5.16. The molecule has 2 aromatic rings. The van der Waals surface area contributed by atoms with Crippen LogP contribution in [0.1, 0.15) is 21.8 Å². The Bertz CT molecular complexity index is 628. The number of carbonyl (C=O) groups is 1. The highest BCUT2D eigenvalue weighted by Crippen LogP contribution is 2.10. The monoisotopic (exact) mass is 272 g/mol. The van der Waals surface area contributed by atoms with Crippen molar-refractivity contribution in [1.29, 1.82) is 5.26 Å². The van der Waals surface area contributed by atoms with Crippen LogP contribution < -0.4 is 0 Å². The Morgan fingerprint density at radius 1 is 1.53 bits per heavy atom. The second-order valence-electron chi connectivity index (χ2n) is 4.01. The third-order valence-corrected chi connectivity index (χ3v) is 3.27. The Morgan fingerprint density at radius 2 is 2.37 bits per heavy atom. The van der Waals surface area contributed by atoms with Crippen LogP contribution in [0, 0.1) is 18.3 Å². The van der Waals surface area contributed by atoms with Crippen LogP contribution in [0.4, 0.5) is 0 Å². The van der Waals surface area contributed by atoms with Gasteiger partial charge in [-0.3, -0.25) is 4.79 Å². The van der Waals surface area contributed by atoms with Gasteiger partial charge in [0.2, 0.25) is 0 Å². The fourth-order valence-electron chi connectivity index (χ4n) is 1.58. The summed E-state index contributed by atoms with van der Waals surface area (Å²) in [6.07, 6.45) is 0.183. The van der Waals surface area contributed by atoms with Gasteiger partial charge < -0.3 is 4.74 Å². The highest BCUT2D eigenvalue weighted by Gasteiger charge is 2.08. The van der Waals surface area contributed by atoms with Crippen molar-refractivity contribution in [2.45, 2.75) is 20.0 Å². The highest BCUT2D eigenvalue weighted by molar-refractivity contribution is 7.09. The molecule has 2 rings (SSSR count). The number of carbonyl (C=O) groups excluding carboxylic acids is 1. The minimum absolute atomic E-state index is 0.178. The Kier molecular flexibility index (Phi) is 4.26. The summed E-state index contributed by atoms with van der Waals surface area (Å²) >= 11 is 1.51. The summed E-state index contributed by atoms with van der Waals surface area (Å²) in [5, 5.41) is 11.6. The van der Waals surface area contributed by atoms with Crippen LogP contribution in [0.2, 0.25) is 0 Å². The molecule has 0 bridgehead atoms. The molecule has 1 aromatic carbocycles. The van der Waals surface area contributed by atoms with E-state index in [2.05, 4.69) is 4.98 Å². The van der Waals surface area contributed by atoms with Crippen LogP contribution in [-0.4, -0.2) is 11.0 Å². The zero-order chi connectivity index (χ0) is 13.7. The quantitative estimate of drug-likeness (QED) is 0.803. The van der Waals surface area contributed by atoms with Crippen molar-refractivity contribution in [3.05, 3.63) is 51.5 Å². The maximum Gasteiger partial charge on any atom is 0.312 e. The van der Waals surface area contributed by atoms with Gasteiger partial charge in [-0.15, -0.1) is 11.3 Å². The number of aromatic nitrogens is 1. The van der Waals surface area contributed by atoms with Crippen LogP contribution >= 0.6 is 11.3 Å². The molecule has 0 saturated carbocycles. The molecule has 1 heterocycles. The molecule has 0 amide bonds. The van der Waals surface area contributed by atoms with Gasteiger partial charge in [0, 0.05) is 5.38 Å². The normalized spacial score (nSPS) is 9.89. The maximum atomic E-state index is 11.6. The van der Waals surface area contributed by atoms with Crippen LogP contribution in [0.25, 0.3) is 0 Å². The lowest BCUT2D eigenvalue weighted by Gasteiger charge is -2.04. The average Bonchev–Trinajstić information content (AvgIpc) is 2.82. The van der Waals surface area contributed by atoms with E-state index in [1.165, 1.54) is 11.3 Å². The van der Waals surface area contributed by atoms with Gasteiger partial charge in [-0.1, -0.05) is 12.1 Å². The van der Waals surface area contributed by atoms with Crippen molar-refractivity contribution < 1.29 is 9.53 Å². The summed E-state index contributed by atoms with van der Waals surface area (Å²) in [6.45, 7) is 2.07. The predicted molar refractivity (Wildman–Crippen MR) is 71.5 cm³/mol. The first-order chi connectivity index (χ1) is 9.17. The van der Waals surface area contributed by atoms with E-state index in [1.807, 2.05) is 24.4 Å². The first-order valence-corrected chi connectivity index (χ1v) is 6.61. The van der Waals surface area contributed by atoms with E-state index in [0.717, 1.165) is 16.3 Å². The average molecular weight is 272 g/mol. The van der Waals surface area contributed by atoms with Crippen molar-refractivity contribution in [3.8, 4) is 6.07 Å². The number of hydrogen-bond acceptors (Lipinski definition) is 5. The van der Waals surface area contributed by atoms with Crippen molar-refractivity contribution in [3.63, 3.8) is 0 Å². The molecule has 0 unspecified atom stereocenters. The number of hydrogen-bond donors (Lipinski definition) is 0. The molecule has 0 saturated heterocycles. The van der Waals surface area contributed by atoms with Gasteiger partial charge in [0.15, 0.2) is 0 Å². The fraction of sp³-hybridized carbons (Fsp3) is 0.214. The number of esters is 1. The molecule has 19 heavy (non-hydrogen) atoms. The van der Waals surface area contributed by atoms with Crippen LogP contribution in [0.15, 0.2) is 29.6 Å². The first-order valence-electron chi connectivity index (χ1n) is 5.73. The summed E-state index contributed by atoms with van der Waals surface area (Å²) in [6, 6.07) is 9.06. The minimum atomic E-state index is -0.312. The largest absolute Gasteiger partial charge is 0.461 e. The van der Waals surface area contributed by atoms with Gasteiger partial charge >= 0.3 is 5.97 Å². The number of ether oxygens (including phenoxy) is 1. The second-order valence-corrected chi connectivity index (χ2v) is 5.07. The lowest BCUT2D eigenvalue weighted by molar-refractivity contribution is -0.144. The van der Waals surface area contributed by atoms with Crippen LogP contribution in [-0.2, 0) is 22.6 Å². The Labute approximate surface area is 115 Å². The molecule has 0 atom stereocenters. The van der Waals surface area contributed by atoms with Gasteiger partial charge in [-0.25, -0.2) is 4.98 Å². The van der Waals surface area contributed by atoms with Gasteiger partial charge in [-0.2, -0.15) is 5.26 Å². The van der Waals surface area contributed by atoms with E-state index in [4.69, 9.17) is 10.00 Å². The Morgan fingerprint density at radius 3 is 3.05 bits per heavy atom. The number of aryl methyl sites for hydroxylation is 1. The lowest BCUT2D eigenvalue weighted by Crippen LogP contribution is -2.08. The molecule has 0 aliphatic rings. The van der Waals surface area contributed by atoms with E-state index in [9.17, 15) is 4.79 Å². The van der Waals surface area contributed by atoms with E-state index in [-0.39, 0.29) is 19.0 Å². The standard InChI is InChI=1S/C14H12N2O2S/c1-10-16-13(9-19-10)6-14(17)18-8-12-4-2-3-11(5-12)7-15/h2-5,9H,6,8H2,1H3. The minimum Gasteiger partial charge on any atom is -0.461 e. The smallest absolute Gasteiger partial charge is 0.312 e. The van der Waals surface area contributed by atoms with E-state index >= 15 is 0 Å². The molecule has 0 aliphatic carbocycles. The molecule has 4 nitrogen and oxygen atoms in total. The summed E-state index contributed by atoms with van der Waals surface area (Å²) in [4.78, 5) is 15.8. The van der Waals surface area contributed by atoms with Crippen LogP contribution in [0.5, 0.6) is 0 Å². The highest BCUT2D eigenvalue weighted by atomic mass is 32.1. The van der Waals surface area contributed by atoms with Gasteiger partial charge in [0.1, 0.15) is 6.61 Å². The molecule has 0 radical (unpaired) electrons. The van der Waals surface area contributed by atoms with Crippen LogP contribution in [0.3, 0.4) is 0 Å². The summed E-state index contributed by atoms with van der Waals surface area (Å²) in [5.41, 5.74) is 2.10. The topological polar surface area (TPSA) is 63.0 Å². The number of rotatable bonds is 4. The number of nitrogens with zero attached hydrogens (tertiary/aromatic N) is 2. The second kappa shape index (κ2) is 6.12. The van der Waals surface area contributed by atoms with Gasteiger partial charge in [-0.05, 0) is 24.6 Å². The molecular weight excluding hydrogens is 260 g/mol. The Hall–Kier alpha value is -2.19. The molecule has 0 spiro atoms. The number of nitriles is 1. The molecule has 5 heteroatoms. The third-order valence-electron chi connectivity index (χ3n) is 2.45. The number of benzene rings is 1. The van der Waals surface area contributed by atoms with Gasteiger partial charge in [0.05, 0.1) is 28.8 Å². The van der Waals surface area contributed by atoms with Crippen molar-refractivity contribution in [1.82, 2.24) is 4.98 Å². The third kappa shape index (κ3) is 3.90. The molecular formula is C14H12N2O2S. The van der Waals surface area contributed by atoms with Crippen molar-refractivity contribution >= 4 is 17.3 Å².